The molecule has 0 radical (unpaired) electrons. The van der Waals surface area contributed by atoms with Crippen LogP contribution in [0.25, 0.3) is 0 Å². The van der Waals surface area contributed by atoms with Gasteiger partial charge in [0.25, 0.3) is 0 Å². The normalized spacial score (nSPS) is 9.43. The highest BCUT2D eigenvalue weighted by atomic mass is 16.5. The number of phenolic OH excluding ortho intramolecular Hbond substituents is 2. The second kappa shape index (κ2) is 7.55. The molecule has 0 spiro atoms. The van der Waals surface area contributed by atoms with Crippen LogP contribution in [0.15, 0.2) is 36.4 Å². The zero-order valence-electron chi connectivity index (χ0n) is 12.1. The molecule has 2 aromatic rings. The van der Waals surface area contributed by atoms with Crippen LogP contribution in [0.1, 0.15) is 20.7 Å². The zero-order chi connectivity index (χ0) is 17.6. The highest BCUT2D eigenvalue weighted by Crippen LogP contribution is 2.25. The molecule has 0 aliphatic carbocycles. The van der Waals surface area contributed by atoms with Gasteiger partial charge in [0.2, 0.25) is 5.91 Å². The van der Waals surface area contributed by atoms with Gasteiger partial charge in [0.05, 0.1) is 7.11 Å². The van der Waals surface area contributed by atoms with Crippen LogP contribution >= 0.6 is 0 Å². The molecule has 1 amide bonds. The summed E-state index contributed by atoms with van der Waals surface area (Å²) in [4.78, 5) is 21.0. The van der Waals surface area contributed by atoms with Crippen LogP contribution in [0.5, 0.6) is 23.0 Å². The Morgan fingerprint density at radius 3 is 2.13 bits per heavy atom. The molecule has 122 valence electrons. The number of aromatic carboxylic acids is 1. The van der Waals surface area contributed by atoms with E-state index < -0.39 is 17.6 Å². The van der Waals surface area contributed by atoms with E-state index >= 15 is 0 Å². The van der Waals surface area contributed by atoms with Crippen molar-refractivity contribution in [3.8, 4) is 23.0 Å². The third kappa shape index (κ3) is 4.81. The van der Waals surface area contributed by atoms with Crippen LogP contribution in [0.3, 0.4) is 0 Å². The van der Waals surface area contributed by atoms with Gasteiger partial charge in [0.15, 0.2) is 11.5 Å². The van der Waals surface area contributed by atoms with Crippen molar-refractivity contribution in [1.82, 2.24) is 0 Å². The molecule has 0 fully saturated rings. The lowest BCUT2D eigenvalue weighted by Crippen LogP contribution is -2.10. The van der Waals surface area contributed by atoms with E-state index in [2.05, 4.69) is 0 Å². The van der Waals surface area contributed by atoms with E-state index in [1.54, 1.807) is 0 Å². The molecule has 0 heterocycles. The van der Waals surface area contributed by atoms with Crippen LogP contribution in [0.4, 0.5) is 0 Å². The average molecular weight is 321 g/mol. The molecule has 0 atom stereocenters. The number of nitrogens with two attached hydrogens (primary N) is 1. The highest BCUT2D eigenvalue weighted by molar-refractivity contribution is 5.93. The van der Waals surface area contributed by atoms with Gasteiger partial charge in [-0.15, -0.1) is 0 Å². The summed E-state index contributed by atoms with van der Waals surface area (Å²) in [6.45, 7) is 0. The summed E-state index contributed by atoms with van der Waals surface area (Å²) in [6, 6.07) is 7.48. The van der Waals surface area contributed by atoms with E-state index in [0.29, 0.717) is 5.56 Å². The third-order valence-electron chi connectivity index (χ3n) is 2.68. The fourth-order valence-corrected chi connectivity index (χ4v) is 1.53. The summed E-state index contributed by atoms with van der Waals surface area (Å²) in [5.41, 5.74) is 5.10. The Bertz CT molecular complexity index is 728. The van der Waals surface area contributed by atoms with Gasteiger partial charge in [-0.25, -0.2) is 4.79 Å². The molecule has 0 aromatic heterocycles. The second-order valence-electron chi connectivity index (χ2n) is 4.26. The van der Waals surface area contributed by atoms with Crippen LogP contribution in [0, 0.1) is 0 Å². The molecule has 2 aromatic carbocycles. The van der Waals surface area contributed by atoms with Gasteiger partial charge in [0.1, 0.15) is 17.1 Å². The van der Waals surface area contributed by atoms with Crippen molar-refractivity contribution in [3.63, 3.8) is 0 Å². The first kappa shape index (κ1) is 17.6. The Labute approximate surface area is 131 Å². The molecule has 0 saturated carbocycles. The number of benzene rings is 2. The standard InChI is InChI=1S/C8H9NO3.C7H6O4/c1-12-7-4-5(8(9)11)2-3-6(7)10;8-4-1-2-5(7(10)11)6(9)3-4/h2-4,10H,1H3,(H2,9,11);1-3,8-9H,(H,10,11). The van der Waals surface area contributed by atoms with Gasteiger partial charge in [0, 0.05) is 11.6 Å². The first-order valence-corrected chi connectivity index (χ1v) is 6.18. The summed E-state index contributed by atoms with van der Waals surface area (Å²) in [6.07, 6.45) is 0. The fraction of sp³-hybridized carbons (Fsp3) is 0.0667. The number of carbonyl (C=O) groups is 2. The van der Waals surface area contributed by atoms with Crippen molar-refractivity contribution >= 4 is 11.9 Å². The average Bonchev–Trinajstić information content (AvgIpc) is 2.47. The molecule has 2 rings (SSSR count). The summed E-state index contributed by atoms with van der Waals surface area (Å²) < 4.78 is 4.78. The van der Waals surface area contributed by atoms with Gasteiger partial charge < -0.3 is 30.9 Å². The number of hydrogen-bond acceptors (Lipinski definition) is 6. The SMILES string of the molecule is COc1cc(C(N)=O)ccc1O.O=C(O)c1ccc(O)cc1O. The fourth-order valence-electron chi connectivity index (χ4n) is 1.53. The molecule has 6 N–H and O–H groups in total. The van der Waals surface area contributed by atoms with Gasteiger partial charge in [-0.1, -0.05) is 0 Å². The maximum Gasteiger partial charge on any atom is 0.339 e. The lowest BCUT2D eigenvalue weighted by atomic mass is 10.2. The van der Waals surface area contributed by atoms with Gasteiger partial charge in [-0.2, -0.15) is 0 Å². The molecule has 0 unspecified atom stereocenters. The molecule has 23 heavy (non-hydrogen) atoms. The number of carboxylic acid groups (broad SMARTS) is 1. The smallest absolute Gasteiger partial charge is 0.339 e. The van der Waals surface area contributed by atoms with E-state index in [1.807, 2.05) is 0 Å². The van der Waals surface area contributed by atoms with Gasteiger partial charge >= 0.3 is 5.97 Å². The lowest BCUT2D eigenvalue weighted by Gasteiger charge is -2.03. The Morgan fingerprint density at radius 1 is 1.00 bits per heavy atom. The first-order valence-electron chi connectivity index (χ1n) is 6.18. The van der Waals surface area contributed by atoms with Crippen molar-refractivity contribution in [3.05, 3.63) is 47.5 Å². The quantitative estimate of drug-likeness (QED) is 0.571. The number of primary amides is 1. The first-order chi connectivity index (χ1) is 10.8. The monoisotopic (exact) mass is 321 g/mol. The Balaban J connectivity index is 0.000000231. The van der Waals surface area contributed by atoms with Gasteiger partial charge in [-0.05, 0) is 30.3 Å². The number of ether oxygens (including phenoxy) is 1. The Hall–Kier alpha value is -3.42. The van der Waals surface area contributed by atoms with E-state index in [4.69, 9.17) is 30.9 Å². The highest BCUT2D eigenvalue weighted by Gasteiger charge is 2.08. The number of carboxylic acids is 1. The van der Waals surface area contributed by atoms with Crippen LogP contribution < -0.4 is 10.5 Å². The minimum atomic E-state index is -1.22. The molecule has 8 nitrogen and oxygen atoms in total. The molecular weight excluding hydrogens is 306 g/mol. The summed E-state index contributed by atoms with van der Waals surface area (Å²) >= 11 is 0. The largest absolute Gasteiger partial charge is 0.508 e. The number of amides is 1. The van der Waals surface area contributed by atoms with E-state index in [1.165, 1.54) is 31.4 Å². The molecule has 0 bridgehead atoms. The van der Waals surface area contributed by atoms with E-state index in [0.717, 1.165) is 12.1 Å². The van der Waals surface area contributed by atoms with Crippen LogP contribution in [-0.4, -0.2) is 39.4 Å². The number of carbonyl (C=O) groups excluding carboxylic acids is 1. The van der Waals surface area contributed by atoms with Gasteiger partial charge in [-0.3, -0.25) is 4.79 Å². The second-order valence-corrected chi connectivity index (χ2v) is 4.26. The minimum absolute atomic E-state index is 0.0116. The number of methoxy groups -OCH3 is 1. The maximum atomic E-state index is 10.7. The molecule has 0 aliphatic rings. The third-order valence-corrected chi connectivity index (χ3v) is 2.68. The predicted molar refractivity (Wildman–Crippen MR) is 79.9 cm³/mol. The topological polar surface area (TPSA) is 150 Å². The van der Waals surface area contributed by atoms with E-state index in [-0.39, 0.29) is 22.8 Å². The Kier molecular flexibility index (Phi) is 5.79. The molecular formula is C15H15NO7. The number of hydrogen-bond donors (Lipinski definition) is 5. The van der Waals surface area contributed by atoms with Crippen molar-refractivity contribution in [2.24, 2.45) is 5.73 Å². The number of phenols is 3. The van der Waals surface area contributed by atoms with Crippen molar-refractivity contribution in [2.45, 2.75) is 0 Å². The van der Waals surface area contributed by atoms with E-state index in [9.17, 15) is 9.59 Å². The molecule has 8 heteroatoms. The van der Waals surface area contributed by atoms with Crippen molar-refractivity contribution < 1.29 is 34.8 Å². The minimum Gasteiger partial charge on any atom is -0.508 e. The Morgan fingerprint density at radius 2 is 1.65 bits per heavy atom. The number of rotatable bonds is 3. The summed E-state index contributed by atoms with van der Waals surface area (Å²) in [7, 11) is 1.40. The molecule has 0 aliphatic heterocycles. The van der Waals surface area contributed by atoms with Crippen molar-refractivity contribution in [1.29, 1.82) is 0 Å². The summed E-state index contributed by atoms with van der Waals surface area (Å²) in [5, 5.41) is 35.2. The van der Waals surface area contributed by atoms with Crippen LogP contribution in [0.2, 0.25) is 0 Å². The van der Waals surface area contributed by atoms with Crippen LogP contribution in [-0.2, 0) is 0 Å². The predicted octanol–water partition coefficient (Wildman–Crippen LogP) is 1.30. The lowest BCUT2D eigenvalue weighted by molar-refractivity contribution is 0.0693. The molecule has 0 saturated heterocycles. The zero-order valence-corrected chi connectivity index (χ0v) is 12.1. The number of aromatic hydroxyl groups is 3. The summed E-state index contributed by atoms with van der Waals surface area (Å²) in [5.74, 6) is -2.13. The maximum absolute atomic E-state index is 10.7. The van der Waals surface area contributed by atoms with Crippen molar-refractivity contribution in [2.75, 3.05) is 7.11 Å².